The Morgan fingerprint density at radius 1 is 1.13 bits per heavy atom. The molecule has 30 heavy (non-hydrogen) atoms. The summed E-state index contributed by atoms with van der Waals surface area (Å²) >= 11 is 0. The maximum atomic E-state index is 13.1. The summed E-state index contributed by atoms with van der Waals surface area (Å²) in [4.78, 5) is 17.6. The first-order chi connectivity index (χ1) is 14.4. The molecule has 0 fully saturated rings. The largest absolute Gasteiger partial charge is 0.477 e. The fourth-order valence-corrected chi connectivity index (χ4v) is 4.12. The van der Waals surface area contributed by atoms with Gasteiger partial charge in [0.05, 0.1) is 5.56 Å². The van der Waals surface area contributed by atoms with Gasteiger partial charge in [-0.2, -0.15) is 0 Å². The number of ether oxygens (including phenoxy) is 2. The van der Waals surface area contributed by atoms with Crippen molar-refractivity contribution in [3.63, 3.8) is 0 Å². The summed E-state index contributed by atoms with van der Waals surface area (Å²) in [5.74, 6) is 1.78. The molecule has 0 atom stereocenters. The molecule has 0 spiro atoms. The lowest BCUT2D eigenvalue weighted by molar-refractivity contribution is 0.0678. The third kappa shape index (κ3) is 3.58. The van der Waals surface area contributed by atoms with Crippen LogP contribution < -0.4 is 14.4 Å². The Morgan fingerprint density at radius 2 is 1.83 bits per heavy atom. The third-order valence-corrected chi connectivity index (χ3v) is 6.01. The number of carbonyl (C=O) groups is 1. The highest BCUT2D eigenvalue weighted by molar-refractivity contribution is 6.15. The molecule has 0 N–H and O–H groups in total. The number of carbonyl (C=O) groups excluding carboxylic acids is 1. The van der Waals surface area contributed by atoms with Gasteiger partial charge in [-0.25, -0.2) is 0 Å². The van der Waals surface area contributed by atoms with E-state index in [1.54, 1.807) is 0 Å². The van der Waals surface area contributed by atoms with Gasteiger partial charge in [0.1, 0.15) is 18.2 Å². The number of ketones is 1. The zero-order valence-corrected chi connectivity index (χ0v) is 18.5. The summed E-state index contributed by atoms with van der Waals surface area (Å²) in [5.41, 5.74) is 4.71. The predicted octanol–water partition coefficient (Wildman–Crippen LogP) is 5.02. The van der Waals surface area contributed by atoms with Crippen LogP contribution in [0.5, 0.6) is 11.5 Å². The van der Waals surface area contributed by atoms with Crippen molar-refractivity contribution in [2.75, 3.05) is 24.7 Å². The fourth-order valence-electron chi connectivity index (χ4n) is 4.12. The van der Waals surface area contributed by atoms with Crippen molar-refractivity contribution in [3.05, 3.63) is 58.3 Å². The van der Waals surface area contributed by atoms with Crippen LogP contribution in [0.4, 0.5) is 5.69 Å². The number of nitrogens with zero attached hydrogens (tertiary/aromatic N) is 2. The molecule has 0 unspecified atom stereocenters. The lowest BCUT2D eigenvalue weighted by Crippen LogP contribution is -2.37. The molecule has 0 radical (unpaired) electrons. The van der Waals surface area contributed by atoms with Crippen LogP contribution in [0, 0.1) is 6.92 Å². The second kappa shape index (κ2) is 8.15. The lowest BCUT2D eigenvalue weighted by atomic mass is 9.99. The summed E-state index contributed by atoms with van der Waals surface area (Å²) in [6.07, 6.45) is 1.83. The Bertz CT molecular complexity index is 988. The van der Waals surface area contributed by atoms with Crippen molar-refractivity contribution in [1.29, 1.82) is 0 Å². The number of benzene rings is 2. The number of rotatable bonds is 5. The van der Waals surface area contributed by atoms with Crippen molar-refractivity contribution in [2.24, 2.45) is 0 Å². The molecule has 4 rings (SSSR count). The van der Waals surface area contributed by atoms with Gasteiger partial charge in [0.15, 0.2) is 5.76 Å². The number of allylic oxidation sites excluding steroid dienone is 1. The number of hydrogen-bond donors (Lipinski definition) is 0. The highest BCUT2D eigenvalue weighted by atomic mass is 16.5. The second-order valence-corrected chi connectivity index (χ2v) is 8.18. The first-order valence-electron chi connectivity index (χ1n) is 10.8. The Hall–Kier alpha value is -2.79. The van der Waals surface area contributed by atoms with E-state index in [0.717, 1.165) is 42.1 Å². The average Bonchev–Trinajstić information content (AvgIpc) is 3.05. The molecule has 2 heterocycles. The molecule has 2 aromatic carbocycles. The van der Waals surface area contributed by atoms with Gasteiger partial charge >= 0.3 is 0 Å². The van der Waals surface area contributed by atoms with Gasteiger partial charge in [-0.1, -0.05) is 12.1 Å². The van der Waals surface area contributed by atoms with Crippen LogP contribution in [0.3, 0.4) is 0 Å². The highest BCUT2D eigenvalue weighted by Crippen LogP contribution is 2.43. The standard InChI is InChI=1S/C25H30N2O3/c1-6-26(7-2)20-10-8-18(9-11-20)12-22-23(28)21-13-19-14-27(16(3)4)15-29-24(19)17(5)25(21)30-22/h8-13,16H,6-7,14-15H2,1-5H3/b22-12-. The SMILES string of the molecule is CCN(CC)c1ccc(/C=C2\Oc3c(cc4c(c3C)OCN(C(C)C)C4)C2=O)cc1. The van der Waals surface area contributed by atoms with Crippen molar-refractivity contribution in [2.45, 2.75) is 47.2 Å². The molecule has 0 aliphatic carbocycles. The van der Waals surface area contributed by atoms with Crippen LogP contribution in [-0.4, -0.2) is 36.5 Å². The van der Waals surface area contributed by atoms with E-state index in [4.69, 9.17) is 9.47 Å². The summed E-state index contributed by atoms with van der Waals surface area (Å²) < 4.78 is 12.0. The molecule has 5 heteroatoms. The second-order valence-electron chi connectivity index (χ2n) is 8.18. The predicted molar refractivity (Wildman–Crippen MR) is 120 cm³/mol. The molecular formula is C25H30N2O3. The van der Waals surface area contributed by atoms with Crippen molar-refractivity contribution < 1.29 is 14.3 Å². The maximum Gasteiger partial charge on any atom is 0.231 e. The first kappa shape index (κ1) is 20.5. The molecule has 0 aromatic heterocycles. The Balaban J connectivity index is 1.62. The van der Waals surface area contributed by atoms with E-state index < -0.39 is 0 Å². The van der Waals surface area contributed by atoms with Crippen LogP contribution in [0.25, 0.3) is 6.08 Å². The Labute approximate surface area is 178 Å². The van der Waals surface area contributed by atoms with Crippen LogP contribution in [-0.2, 0) is 6.54 Å². The maximum absolute atomic E-state index is 13.1. The molecule has 2 aliphatic rings. The normalized spacial score (nSPS) is 17.0. The van der Waals surface area contributed by atoms with Gasteiger partial charge in [-0.15, -0.1) is 0 Å². The number of hydrogen-bond acceptors (Lipinski definition) is 5. The van der Waals surface area contributed by atoms with Crippen LogP contribution >= 0.6 is 0 Å². The molecule has 0 saturated carbocycles. The summed E-state index contributed by atoms with van der Waals surface area (Å²) in [7, 11) is 0. The van der Waals surface area contributed by atoms with E-state index in [9.17, 15) is 4.79 Å². The third-order valence-electron chi connectivity index (χ3n) is 6.01. The van der Waals surface area contributed by atoms with Crippen molar-refractivity contribution in [3.8, 4) is 11.5 Å². The smallest absolute Gasteiger partial charge is 0.231 e. The molecule has 2 aliphatic heterocycles. The summed E-state index contributed by atoms with van der Waals surface area (Å²) in [6, 6.07) is 10.6. The highest BCUT2D eigenvalue weighted by Gasteiger charge is 2.33. The van der Waals surface area contributed by atoms with Crippen molar-refractivity contribution in [1.82, 2.24) is 4.90 Å². The molecule has 2 aromatic rings. The summed E-state index contributed by atoms with van der Waals surface area (Å²) in [6.45, 7) is 13.8. The van der Waals surface area contributed by atoms with Gasteiger partial charge in [0.2, 0.25) is 5.78 Å². The Morgan fingerprint density at radius 3 is 2.47 bits per heavy atom. The van der Waals surface area contributed by atoms with Gasteiger partial charge in [0, 0.05) is 42.5 Å². The molecule has 0 bridgehead atoms. The molecule has 0 saturated heterocycles. The van der Waals surface area contributed by atoms with E-state index >= 15 is 0 Å². The zero-order chi connectivity index (χ0) is 21.4. The van der Waals surface area contributed by atoms with E-state index in [2.05, 4.69) is 49.6 Å². The van der Waals surface area contributed by atoms with Crippen LogP contribution in [0.15, 0.2) is 36.1 Å². The molecule has 158 valence electrons. The summed E-state index contributed by atoms with van der Waals surface area (Å²) in [5, 5.41) is 0. The van der Waals surface area contributed by atoms with E-state index in [1.165, 1.54) is 5.69 Å². The minimum absolute atomic E-state index is 0.0645. The van der Waals surface area contributed by atoms with Crippen molar-refractivity contribution >= 4 is 17.5 Å². The Kier molecular flexibility index (Phi) is 5.56. The molecular weight excluding hydrogens is 376 g/mol. The zero-order valence-electron chi connectivity index (χ0n) is 18.5. The average molecular weight is 407 g/mol. The van der Waals surface area contributed by atoms with Gasteiger partial charge in [0.25, 0.3) is 0 Å². The van der Waals surface area contributed by atoms with E-state index in [1.807, 2.05) is 31.2 Å². The lowest BCUT2D eigenvalue weighted by Gasteiger charge is -2.32. The molecule has 5 nitrogen and oxygen atoms in total. The first-order valence-corrected chi connectivity index (χ1v) is 10.8. The molecule has 0 amide bonds. The number of Topliss-reactive ketones (excluding diaryl/α,β-unsaturated/α-hetero) is 1. The monoisotopic (exact) mass is 406 g/mol. The number of fused-ring (bicyclic) bond motifs is 2. The van der Waals surface area contributed by atoms with Crippen LogP contribution in [0.1, 0.15) is 54.7 Å². The number of anilines is 1. The van der Waals surface area contributed by atoms with Gasteiger partial charge in [-0.3, -0.25) is 9.69 Å². The van der Waals surface area contributed by atoms with Crippen LogP contribution in [0.2, 0.25) is 0 Å². The fraction of sp³-hybridized carbons (Fsp3) is 0.400. The quantitative estimate of drug-likeness (QED) is 0.653. The van der Waals surface area contributed by atoms with E-state index in [0.29, 0.717) is 29.8 Å². The minimum atomic E-state index is -0.0645. The van der Waals surface area contributed by atoms with E-state index in [-0.39, 0.29) is 5.78 Å². The van der Waals surface area contributed by atoms with Gasteiger partial charge < -0.3 is 14.4 Å². The van der Waals surface area contributed by atoms with Gasteiger partial charge in [-0.05, 0) is 64.5 Å². The topological polar surface area (TPSA) is 42.0 Å². The minimum Gasteiger partial charge on any atom is -0.477 e.